The van der Waals surface area contributed by atoms with Crippen LogP contribution >= 0.6 is 0 Å². The van der Waals surface area contributed by atoms with Gasteiger partial charge in [-0.3, -0.25) is 0 Å². The van der Waals surface area contributed by atoms with Crippen LogP contribution in [-0.2, 0) is 19.3 Å². The molecule has 0 fully saturated rings. The molecule has 0 aliphatic rings. The van der Waals surface area contributed by atoms with Crippen molar-refractivity contribution in [1.29, 1.82) is 0 Å². The molecule has 156 valence electrons. The Bertz CT molecular complexity index is 1080. The summed E-state index contributed by atoms with van der Waals surface area (Å²) in [6, 6.07) is 30.0. The van der Waals surface area contributed by atoms with Crippen molar-refractivity contribution < 1.29 is 0 Å². The molecule has 0 aliphatic heterocycles. The highest BCUT2D eigenvalue weighted by Crippen LogP contribution is 2.21. The molecular weight excluding hydrogens is 376 g/mol. The summed E-state index contributed by atoms with van der Waals surface area (Å²) < 4.78 is 0. The van der Waals surface area contributed by atoms with Crippen molar-refractivity contribution in [3.8, 4) is 0 Å². The maximum absolute atomic E-state index is 5.80. The molecule has 0 aromatic heterocycles. The second kappa shape index (κ2) is 9.09. The third-order valence-electron chi connectivity index (χ3n) is 5.97. The molecule has 0 saturated heterocycles. The highest BCUT2D eigenvalue weighted by atomic mass is 14.5. The maximum atomic E-state index is 5.80. The van der Waals surface area contributed by atoms with Crippen LogP contribution in [0.5, 0.6) is 0 Å². The van der Waals surface area contributed by atoms with Gasteiger partial charge in [-0.2, -0.15) is 0 Å². The number of rotatable bonds is 6. The number of aryl methyl sites for hydroxylation is 2. The fourth-order valence-electron chi connectivity index (χ4n) is 4.08. The van der Waals surface area contributed by atoms with E-state index in [1.165, 1.54) is 44.5 Å². The average molecular weight is 407 g/mol. The molecule has 0 amide bonds. The zero-order valence-corrected chi connectivity index (χ0v) is 18.4. The molecule has 0 atom stereocenters. The Kier molecular flexibility index (Phi) is 6.08. The van der Waals surface area contributed by atoms with Crippen molar-refractivity contribution >= 4 is 11.4 Å². The minimum atomic E-state index is 0.811. The van der Waals surface area contributed by atoms with Gasteiger partial charge in [0, 0.05) is 11.4 Å². The number of nitrogens with two attached hydrogens (primary N) is 2. The summed E-state index contributed by atoms with van der Waals surface area (Å²) in [6.45, 7) is 4.41. The molecule has 0 spiro atoms. The van der Waals surface area contributed by atoms with Gasteiger partial charge in [0.25, 0.3) is 0 Å². The first-order chi connectivity index (χ1) is 15.0. The van der Waals surface area contributed by atoms with Gasteiger partial charge < -0.3 is 11.5 Å². The summed E-state index contributed by atoms with van der Waals surface area (Å²) in [6.07, 6.45) is 2.82. The Morgan fingerprint density at radius 1 is 0.452 bits per heavy atom. The molecular formula is C29H30N2. The lowest BCUT2D eigenvalue weighted by molar-refractivity contribution is 1.10. The third kappa shape index (κ3) is 5.35. The highest BCUT2D eigenvalue weighted by molar-refractivity contribution is 5.44. The lowest BCUT2D eigenvalue weighted by Gasteiger charge is -2.12. The highest BCUT2D eigenvalue weighted by Gasteiger charge is 2.06. The molecule has 0 saturated carbocycles. The van der Waals surface area contributed by atoms with Gasteiger partial charge in [-0.1, -0.05) is 60.7 Å². The zero-order chi connectivity index (χ0) is 21.8. The predicted octanol–water partition coefficient (Wildman–Crippen LogP) is 6.24. The van der Waals surface area contributed by atoms with E-state index in [1.54, 1.807) is 0 Å². The number of hydrogen-bond donors (Lipinski definition) is 2. The van der Waals surface area contributed by atoms with Gasteiger partial charge in [0.2, 0.25) is 0 Å². The van der Waals surface area contributed by atoms with E-state index >= 15 is 0 Å². The van der Waals surface area contributed by atoms with Crippen molar-refractivity contribution in [3.05, 3.63) is 129 Å². The fourth-order valence-corrected chi connectivity index (χ4v) is 4.08. The molecule has 0 unspecified atom stereocenters. The van der Waals surface area contributed by atoms with Crippen LogP contribution in [0.2, 0.25) is 0 Å². The Balaban J connectivity index is 1.44. The number of hydrogen-bond acceptors (Lipinski definition) is 2. The molecule has 4 aromatic carbocycles. The lowest BCUT2D eigenvalue weighted by atomic mass is 9.94. The smallest absolute Gasteiger partial charge is 0.0314 e. The minimum Gasteiger partial charge on any atom is -0.399 e. The van der Waals surface area contributed by atoms with E-state index in [0.29, 0.717) is 0 Å². The van der Waals surface area contributed by atoms with Gasteiger partial charge >= 0.3 is 0 Å². The predicted molar refractivity (Wildman–Crippen MR) is 132 cm³/mol. The van der Waals surface area contributed by atoms with Gasteiger partial charge in [0.15, 0.2) is 0 Å². The Morgan fingerprint density at radius 3 is 1.16 bits per heavy atom. The van der Waals surface area contributed by atoms with Crippen molar-refractivity contribution in [2.24, 2.45) is 0 Å². The topological polar surface area (TPSA) is 52.0 Å². The van der Waals surface area contributed by atoms with Gasteiger partial charge in [-0.25, -0.2) is 0 Å². The average Bonchev–Trinajstić information content (AvgIpc) is 2.75. The van der Waals surface area contributed by atoms with E-state index in [9.17, 15) is 0 Å². The second-order valence-corrected chi connectivity index (χ2v) is 8.54. The molecule has 31 heavy (non-hydrogen) atoms. The summed E-state index contributed by atoms with van der Waals surface area (Å²) in [4.78, 5) is 0. The zero-order valence-electron chi connectivity index (χ0n) is 18.4. The Morgan fingerprint density at radius 2 is 0.806 bits per heavy atom. The quantitative estimate of drug-likeness (QED) is 0.372. The van der Waals surface area contributed by atoms with Crippen LogP contribution in [0.1, 0.15) is 44.5 Å². The standard InChI is InChI=1S/C29H30N2/c1-20-15-24(3-9-26(20)18-22-5-11-28(30)12-6-22)17-25-4-10-27(21(2)16-25)19-23-7-13-29(31)14-8-23/h3-16H,17-19,30-31H2,1-2H3. The molecule has 2 nitrogen and oxygen atoms in total. The van der Waals surface area contributed by atoms with E-state index in [1.807, 2.05) is 24.3 Å². The van der Waals surface area contributed by atoms with E-state index in [-0.39, 0.29) is 0 Å². The van der Waals surface area contributed by atoms with Crippen LogP contribution < -0.4 is 11.5 Å². The molecule has 4 N–H and O–H groups in total. The van der Waals surface area contributed by atoms with E-state index < -0.39 is 0 Å². The number of nitrogen functional groups attached to an aromatic ring is 2. The summed E-state index contributed by atoms with van der Waals surface area (Å²) in [5.41, 5.74) is 23.9. The molecule has 2 heteroatoms. The second-order valence-electron chi connectivity index (χ2n) is 8.54. The van der Waals surface area contributed by atoms with E-state index in [4.69, 9.17) is 11.5 Å². The normalized spacial score (nSPS) is 10.9. The van der Waals surface area contributed by atoms with Crippen LogP contribution in [0.4, 0.5) is 11.4 Å². The Labute approximate surface area is 185 Å². The maximum Gasteiger partial charge on any atom is 0.0314 e. The van der Waals surface area contributed by atoms with Crippen molar-refractivity contribution in [2.75, 3.05) is 11.5 Å². The number of benzene rings is 4. The molecule has 4 rings (SSSR count). The lowest BCUT2D eigenvalue weighted by Crippen LogP contribution is -1.97. The largest absolute Gasteiger partial charge is 0.399 e. The van der Waals surface area contributed by atoms with Crippen LogP contribution in [0.25, 0.3) is 0 Å². The summed E-state index contributed by atoms with van der Waals surface area (Å²) in [5.74, 6) is 0. The van der Waals surface area contributed by atoms with Crippen LogP contribution in [0.3, 0.4) is 0 Å². The van der Waals surface area contributed by atoms with Gasteiger partial charge in [0.05, 0.1) is 0 Å². The third-order valence-corrected chi connectivity index (χ3v) is 5.97. The van der Waals surface area contributed by atoms with Crippen molar-refractivity contribution in [2.45, 2.75) is 33.1 Å². The SMILES string of the molecule is Cc1cc(Cc2ccc(Cc3ccc(N)cc3)c(C)c2)ccc1Cc1ccc(N)cc1. The fraction of sp³-hybridized carbons (Fsp3) is 0.172. The first-order valence-electron chi connectivity index (χ1n) is 10.8. The van der Waals surface area contributed by atoms with Gasteiger partial charge in [0.1, 0.15) is 0 Å². The Hall–Kier alpha value is -3.52. The van der Waals surface area contributed by atoms with Gasteiger partial charge in [-0.15, -0.1) is 0 Å². The van der Waals surface area contributed by atoms with Crippen molar-refractivity contribution in [3.63, 3.8) is 0 Å². The van der Waals surface area contributed by atoms with Crippen LogP contribution in [0, 0.1) is 13.8 Å². The minimum absolute atomic E-state index is 0.811. The molecule has 0 radical (unpaired) electrons. The van der Waals surface area contributed by atoms with E-state index in [2.05, 4.69) is 74.5 Å². The first kappa shape index (κ1) is 20.7. The van der Waals surface area contributed by atoms with E-state index in [0.717, 1.165) is 30.6 Å². The van der Waals surface area contributed by atoms with Crippen LogP contribution in [0.15, 0.2) is 84.9 Å². The molecule has 0 heterocycles. The summed E-state index contributed by atoms with van der Waals surface area (Å²) in [5, 5.41) is 0. The van der Waals surface area contributed by atoms with Gasteiger partial charge in [-0.05, 0) is 102 Å². The number of anilines is 2. The summed E-state index contributed by atoms with van der Waals surface area (Å²) in [7, 11) is 0. The van der Waals surface area contributed by atoms with Crippen LogP contribution in [-0.4, -0.2) is 0 Å². The summed E-state index contributed by atoms with van der Waals surface area (Å²) >= 11 is 0. The molecule has 0 bridgehead atoms. The first-order valence-corrected chi connectivity index (χ1v) is 10.8. The monoisotopic (exact) mass is 406 g/mol. The van der Waals surface area contributed by atoms with Crippen molar-refractivity contribution in [1.82, 2.24) is 0 Å². The molecule has 4 aromatic rings. The molecule has 0 aliphatic carbocycles.